The molecule has 24 heavy (non-hydrogen) atoms. The first kappa shape index (κ1) is 15.4. The second kappa shape index (κ2) is 6.07. The molecule has 6 heteroatoms. The molecule has 3 unspecified atom stereocenters. The van der Waals surface area contributed by atoms with E-state index in [9.17, 15) is 4.79 Å². The molecule has 1 aliphatic carbocycles. The Labute approximate surface area is 142 Å². The van der Waals surface area contributed by atoms with E-state index in [-0.39, 0.29) is 5.92 Å². The van der Waals surface area contributed by atoms with Crippen LogP contribution in [-0.4, -0.2) is 43.2 Å². The van der Waals surface area contributed by atoms with E-state index in [1.807, 2.05) is 30.3 Å². The van der Waals surface area contributed by atoms with Gasteiger partial charge in [-0.3, -0.25) is 9.48 Å². The van der Waals surface area contributed by atoms with Crippen molar-refractivity contribution in [2.75, 3.05) is 13.1 Å². The number of imidazole rings is 1. The predicted octanol–water partition coefficient (Wildman–Crippen LogP) is 2.15. The van der Waals surface area contributed by atoms with E-state index in [0.29, 0.717) is 17.9 Å². The zero-order valence-electron chi connectivity index (χ0n) is 14.4. The van der Waals surface area contributed by atoms with Gasteiger partial charge in [0.2, 0.25) is 5.91 Å². The smallest absolute Gasteiger partial charge is 0.226 e. The highest BCUT2D eigenvalue weighted by molar-refractivity contribution is 5.83. The van der Waals surface area contributed by atoms with Gasteiger partial charge in [-0.15, -0.1) is 0 Å². The molecule has 1 aliphatic heterocycles. The molecule has 0 aromatic carbocycles. The molecule has 1 saturated carbocycles. The third kappa shape index (κ3) is 2.74. The zero-order chi connectivity index (χ0) is 16.7. The van der Waals surface area contributed by atoms with Crippen LogP contribution in [0.3, 0.4) is 0 Å². The largest absolute Gasteiger partial charge is 0.340 e. The number of hydrogen-bond acceptors (Lipinski definition) is 3. The number of carbonyl (C=O) groups is 1. The van der Waals surface area contributed by atoms with Crippen LogP contribution in [0, 0.1) is 5.92 Å². The van der Waals surface area contributed by atoms with E-state index in [0.717, 1.165) is 44.6 Å². The van der Waals surface area contributed by atoms with Gasteiger partial charge in [-0.1, -0.05) is 6.92 Å². The van der Waals surface area contributed by atoms with Gasteiger partial charge in [-0.25, -0.2) is 4.98 Å². The molecule has 2 aliphatic rings. The number of carbonyl (C=O) groups excluding carboxylic acids is 1. The molecule has 2 aromatic rings. The summed E-state index contributed by atoms with van der Waals surface area (Å²) in [5.74, 6) is 1.97. The van der Waals surface area contributed by atoms with Crippen LogP contribution in [0.15, 0.2) is 24.8 Å². The highest BCUT2D eigenvalue weighted by Crippen LogP contribution is 2.48. The minimum Gasteiger partial charge on any atom is -0.340 e. The minimum atomic E-state index is 0.154. The number of hydrogen-bond donors (Lipinski definition) is 0. The number of piperidine rings is 1. The normalized spacial score (nSPS) is 26.6. The average molecular weight is 327 g/mol. The van der Waals surface area contributed by atoms with Crippen LogP contribution >= 0.6 is 0 Å². The second-order valence-electron chi connectivity index (χ2n) is 7.08. The summed E-state index contributed by atoms with van der Waals surface area (Å²) < 4.78 is 4.09. The Morgan fingerprint density at radius 1 is 1.42 bits per heavy atom. The molecule has 2 aromatic heterocycles. The molecule has 1 amide bonds. The molecule has 1 saturated heterocycles. The van der Waals surface area contributed by atoms with Crippen LogP contribution in [0.2, 0.25) is 0 Å². The molecule has 0 spiro atoms. The van der Waals surface area contributed by atoms with Crippen LogP contribution in [0.5, 0.6) is 0 Å². The number of aromatic nitrogens is 4. The number of likely N-dealkylation sites (tertiary alicyclic amines) is 1. The van der Waals surface area contributed by atoms with Gasteiger partial charge in [0.25, 0.3) is 0 Å². The van der Waals surface area contributed by atoms with Crippen molar-refractivity contribution < 1.29 is 4.79 Å². The third-order valence-electron chi connectivity index (χ3n) is 5.43. The molecule has 4 rings (SSSR count). The Hall–Kier alpha value is -2.11. The lowest BCUT2D eigenvalue weighted by Gasteiger charge is -2.34. The first-order chi connectivity index (χ1) is 11.7. The lowest BCUT2D eigenvalue weighted by atomic mass is 10.0. The van der Waals surface area contributed by atoms with Gasteiger partial charge in [0, 0.05) is 51.1 Å². The van der Waals surface area contributed by atoms with Crippen molar-refractivity contribution in [2.45, 2.75) is 44.6 Å². The van der Waals surface area contributed by atoms with E-state index in [1.54, 1.807) is 0 Å². The van der Waals surface area contributed by atoms with Crippen LogP contribution in [0.25, 0.3) is 0 Å². The monoisotopic (exact) mass is 327 g/mol. The molecule has 2 fully saturated rings. The van der Waals surface area contributed by atoms with Gasteiger partial charge in [-0.2, -0.15) is 5.10 Å². The molecule has 0 bridgehead atoms. The van der Waals surface area contributed by atoms with E-state index < -0.39 is 0 Å². The maximum absolute atomic E-state index is 12.9. The van der Waals surface area contributed by atoms with Crippen molar-refractivity contribution in [1.82, 2.24) is 24.2 Å². The van der Waals surface area contributed by atoms with Crippen LogP contribution in [-0.2, 0) is 18.3 Å². The third-order valence-corrected chi connectivity index (χ3v) is 5.43. The maximum atomic E-state index is 12.9. The van der Waals surface area contributed by atoms with Crippen LogP contribution < -0.4 is 0 Å². The van der Waals surface area contributed by atoms with Crippen LogP contribution in [0.4, 0.5) is 0 Å². The SMILES string of the molecule is CCc1nccn1C1CCCN(C(=O)C2CC2c2cnn(C)c2)C1. The van der Waals surface area contributed by atoms with Crippen molar-refractivity contribution in [3.63, 3.8) is 0 Å². The second-order valence-corrected chi connectivity index (χ2v) is 7.08. The van der Waals surface area contributed by atoms with Gasteiger partial charge in [-0.05, 0) is 30.7 Å². The lowest BCUT2D eigenvalue weighted by Crippen LogP contribution is -2.41. The molecule has 6 nitrogen and oxygen atoms in total. The quantitative estimate of drug-likeness (QED) is 0.864. The fourth-order valence-corrected chi connectivity index (χ4v) is 4.03. The van der Waals surface area contributed by atoms with E-state index in [1.165, 1.54) is 5.56 Å². The summed E-state index contributed by atoms with van der Waals surface area (Å²) >= 11 is 0. The molecule has 0 radical (unpaired) electrons. The van der Waals surface area contributed by atoms with Crippen molar-refractivity contribution in [1.29, 1.82) is 0 Å². The average Bonchev–Trinajstić information content (AvgIpc) is 3.04. The summed E-state index contributed by atoms with van der Waals surface area (Å²) in [7, 11) is 1.92. The Kier molecular flexibility index (Phi) is 3.90. The summed E-state index contributed by atoms with van der Waals surface area (Å²) in [5, 5.41) is 4.23. The van der Waals surface area contributed by atoms with Crippen LogP contribution in [0.1, 0.15) is 49.5 Å². The van der Waals surface area contributed by atoms with E-state index in [2.05, 4.69) is 32.7 Å². The Balaban J connectivity index is 1.42. The highest BCUT2D eigenvalue weighted by atomic mass is 16.2. The summed E-state index contributed by atoms with van der Waals surface area (Å²) in [4.78, 5) is 19.4. The van der Waals surface area contributed by atoms with Gasteiger partial charge in [0.05, 0.1) is 12.2 Å². The summed E-state index contributed by atoms with van der Waals surface area (Å²) in [6.45, 7) is 3.84. The maximum Gasteiger partial charge on any atom is 0.226 e. The molecule has 128 valence electrons. The lowest BCUT2D eigenvalue weighted by molar-refractivity contribution is -0.134. The van der Waals surface area contributed by atoms with Crippen molar-refractivity contribution in [3.05, 3.63) is 36.2 Å². The summed E-state index contributed by atoms with van der Waals surface area (Å²) in [6.07, 6.45) is 12.0. The fourth-order valence-electron chi connectivity index (χ4n) is 4.03. The van der Waals surface area contributed by atoms with Gasteiger partial charge in [0.1, 0.15) is 5.82 Å². The van der Waals surface area contributed by atoms with Gasteiger partial charge >= 0.3 is 0 Å². The standard InChI is InChI=1S/C18H25N5O/c1-3-17-19-6-8-23(17)14-5-4-7-22(12-14)18(24)16-9-15(16)13-10-20-21(2)11-13/h6,8,10-11,14-16H,3-5,7,9,12H2,1-2H3. The topological polar surface area (TPSA) is 56.0 Å². The molecular formula is C18H25N5O. The first-order valence-electron chi connectivity index (χ1n) is 8.96. The molecule has 3 atom stereocenters. The van der Waals surface area contributed by atoms with Crippen molar-refractivity contribution in [3.8, 4) is 0 Å². The minimum absolute atomic E-state index is 0.154. The summed E-state index contributed by atoms with van der Waals surface area (Å²) in [5.41, 5.74) is 1.20. The Bertz CT molecular complexity index is 733. The number of amides is 1. The van der Waals surface area contributed by atoms with Gasteiger partial charge < -0.3 is 9.47 Å². The van der Waals surface area contributed by atoms with E-state index in [4.69, 9.17) is 0 Å². The Morgan fingerprint density at radius 3 is 3.04 bits per heavy atom. The molecular weight excluding hydrogens is 302 g/mol. The van der Waals surface area contributed by atoms with E-state index >= 15 is 0 Å². The fraction of sp³-hybridized carbons (Fsp3) is 0.611. The number of nitrogens with zero attached hydrogens (tertiary/aromatic N) is 5. The van der Waals surface area contributed by atoms with Crippen molar-refractivity contribution >= 4 is 5.91 Å². The van der Waals surface area contributed by atoms with Crippen molar-refractivity contribution in [2.24, 2.45) is 13.0 Å². The first-order valence-corrected chi connectivity index (χ1v) is 8.96. The Morgan fingerprint density at radius 2 is 2.29 bits per heavy atom. The highest BCUT2D eigenvalue weighted by Gasteiger charge is 2.47. The number of aryl methyl sites for hydroxylation is 2. The van der Waals surface area contributed by atoms with Gasteiger partial charge in [0.15, 0.2) is 0 Å². The number of rotatable bonds is 4. The predicted molar refractivity (Wildman–Crippen MR) is 90.5 cm³/mol. The molecule has 3 heterocycles. The summed E-state index contributed by atoms with van der Waals surface area (Å²) in [6, 6.07) is 0.371. The molecule has 0 N–H and O–H groups in total. The zero-order valence-corrected chi connectivity index (χ0v) is 14.4.